The average molecular weight is 379 g/mol. The van der Waals surface area contributed by atoms with Gasteiger partial charge in [0.15, 0.2) is 0 Å². The minimum absolute atomic E-state index is 0.455. The van der Waals surface area contributed by atoms with Crippen molar-refractivity contribution in [2.45, 2.75) is 117 Å². The Balaban J connectivity index is 2.38. The van der Waals surface area contributed by atoms with Gasteiger partial charge in [0.2, 0.25) is 0 Å². The molecule has 156 valence electrons. The number of unbranched alkanes of at least 4 members (excludes halogenated alkanes) is 10. The molecule has 0 saturated heterocycles. The van der Waals surface area contributed by atoms with Crippen LogP contribution >= 0.6 is 0 Å². The Hall–Kier alpha value is -1.32. The highest BCUT2D eigenvalue weighted by molar-refractivity contribution is 5.66. The molecular weight excluding hydrogens is 336 g/mol. The van der Waals surface area contributed by atoms with E-state index in [9.17, 15) is 9.90 Å². The molecule has 1 rings (SSSR count). The number of carbonyl (C=O) groups excluding carboxylic acids is 1. The van der Waals surface area contributed by atoms with Gasteiger partial charge in [-0.15, -0.1) is 0 Å². The van der Waals surface area contributed by atoms with E-state index in [4.69, 9.17) is 0 Å². The second-order valence-electron chi connectivity index (χ2n) is 8.07. The normalized spacial score (nSPS) is 12.4. The second kappa shape index (κ2) is 14.7. The highest BCUT2D eigenvalue weighted by Crippen LogP contribution is 2.12. The minimum atomic E-state index is -0.964. The third-order valence-corrected chi connectivity index (χ3v) is 5.47. The van der Waals surface area contributed by atoms with Gasteiger partial charge < -0.3 is 9.90 Å². The molecule has 4 nitrogen and oxygen atoms in total. The van der Waals surface area contributed by atoms with Gasteiger partial charge in [0, 0.05) is 18.3 Å². The summed E-state index contributed by atoms with van der Waals surface area (Å²) in [5.74, 6) is -0.145. The highest BCUT2D eigenvalue weighted by Gasteiger charge is 2.18. The first-order valence-corrected chi connectivity index (χ1v) is 11.4. The molecule has 0 spiro atoms. The Bertz CT molecular complexity index is 510. The van der Waals surface area contributed by atoms with Gasteiger partial charge in [-0.2, -0.15) is 0 Å². The smallest absolute Gasteiger partial charge is 0.256 e. The average Bonchev–Trinajstić information content (AvgIpc) is 3.02. The summed E-state index contributed by atoms with van der Waals surface area (Å²) in [6.07, 6.45) is 20.9. The van der Waals surface area contributed by atoms with Crippen molar-refractivity contribution in [1.82, 2.24) is 4.57 Å². The number of aromatic nitrogens is 2. The van der Waals surface area contributed by atoms with Gasteiger partial charge in [0.25, 0.3) is 5.82 Å². The topological polar surface area (TPSA) is 48.9 Å². The summed E-state index contributed by atoms with van der Waals surface area (Å²) in [7, 11) is 0. The molecular formula is C23H42N2O2. The van der Waals surface area contributed by atoms with Gasteiger partial charge in [-0.05, 0) is 12.8 Å². The van der Waals surface area contributed by atoms with Crippen molar-refractivity contribution in [2.75, 3.05) is 0 Å². The molecule has 1 aromatic heterocycles. The summed E-state index contributed by atoms with van der Waals surface area (Å²) in [6, 6.07) is 0. The molecule has 4 heteroatoms. The van der Waals surface area contributed by atoms with Gasteiger partial charge in [-0.25, -0.2) is 9.13 Å². The maximum absolute atomic E-state index is 11.1. The Morgan fingerprint density at radius 3 is 2.07 bits per heavy atom. The number of aryl methyl sites for hydroxylation is 1. The van der Waals surface area contributed by atoms with Crippen LogP contribution in [0, 0.1) is 5.92 Å². The number of carbonyl (C=O) groups is 1. The summed E-state index contributed by atoms with van der Waals surface area (Å²) in [6.45, 7) is 7.74. The number of rotatable bonds is 17. The van der Waals surface area contributed by atoms with E-state index in [1.807, 2.05) is 6.20 Å². The Labute approximate surface area is 167 Å². The predicted octanol–water partition coefficient (Wildman–Crippen LogP) is 4.43. The minimum Gasteiger partial charge on any atom is -0.550 e. The zero-order valence-corrected chi connectivity index (χ0v) is 18.0. The molecule has 0 saturated carbocycles. The molecule has 0 amide bonds. The standard InChI is InChI=1S/C23H42N2O2/c1-4-6-8-9-10-11-12-13-14-15-16-22-24(17-7-5-2)18-19-25(22)20-21(3)23(26)27/h18-19,21H,4-17,20H2,1-3H3. The molecule has 1 atom stereocenters. The predicted molar refractivity (Wildman–Crippen MR) is 109 cm³/mol. The van der Waals surface area contributed by atoms with Crippen LogP contribution in [0.5, 0.6) is 0 Å². The van der Waals surface area contributed by atoms with E-state index in [1.165, 1.54) is 76.5 Å². The summed E-state index contributed by atoms with van der Waals surface area (Å²) < 4.78 is 4.45. The molecule has 1 heterocycles. The number of imidazole rings is 1. The van der Waals surface area contributed by atoms with Crippen molar-refractivity contribution in [3.63, 3.8) is 0 Å². The van der Waals surface area contributed by atoms with E-state index in [1.54, 1.807) is 6.92 Å². The zero-order valence-electron chi connectivity index (χ0n) is 18.0. The van der Waals surface area contributed by atoms with Crippen LogP contribution in [0.1, 0.15) is 104 Å². The Morgan fingerprint density at radius 1 is 0.963 bits per heavy atom. The van der Waals surface area contributed by atoms with Gasteiger partial charge in [-0.1, -0.05) is 85.0 Å². The molecule has 0 aromatic carbocycles. The van der Waals surface area contributed by atoms with Gasteiger partial charge >= 0.3 is 0 Å². The fourth-order valence-electron chi connectivity index (χ4n) is 3.62. The van der Waals surface area contributed by atoms with Crippen molar-refractivity contribution in [1.29, 1.82) is 0 Å². The lowest BCUT2D eigenvalue weighted by atomic mass is 10.1. The first-order chi connectivity index (χ1) is 13.1. The maximum atomic E-state index is 11.1. The monoisotopic (exact) mass is 378 g/mol. The molecule has 1 aromatic rings. The van der Waals surface area contributed by atoms with Crippen LogP contribution in [0.4, 0.5) is 0 Å². The van der Waals surface area contributed by atoms with Crippen molar-refractivity contribution < 1.29 is 14.5 Å². The van der Waals surface area contributed by atoms with E-state index in [2.05, 4.69) is 29.2 Å². The molecule has 0 aliphatic carbocycles. The lowest BCUT2D eigenvalue weighted by molar-refractivity contribution is -0.708. The number of aliphatic carboxylic acids is 1. The van der Waals surface area contributed by atoms with Crippen LogP contribution in [0.25, 0.3) is 0 Å². The molecule has 0 fully saturated rings. The fraction of sp³-hybridized carbons (Fsp3) is 0.826. The van der Waals surface area contributed by atoms with Gasteiger partial charge in [0.05, 0.1) is 13.1 Å². The summed E-state index contributed by atoms with van der Waals surface area (Å²) in [5.41, 5.74) is 0. The third-order valence-electron chi connectivity index (χ3n) is 5.47. The lowest BCUT2D eigenvalue weighted by Crippen LogP contribution is -2.45. The van der Waals surface area contributed by atoms with E-state index in [-0.39, 0.29) is 0 Å². The fourth-order valence-corrected chi connectivity index (χ4v) is 3.62. The molecule has 1 unspecified atom stereocenters. The molecule has 27 heavy (non-hydrogen) atoms. The number of carboxylic acid groups (broad SMARTS) is 1. The summed E-state index contributed by atoms with van der Waals surface area (Å²) >= 11 is 0. The second-order valence-corrected chi connectivity index (χ2v) is 8.07. The number of carboxylic acids is 1. The first-order valence-electron chi connectivity index (χ1n) is 11.4. The van der Waals surface area contributed by atoms with Crippen molar-refractivity contribution >= 4 is 5.97 Å². The van der Waals surface area contributed by atoms with Crippen molar-refractivity contribution in [3.8, 4) is 0 Å². The van der Waals surface area contributed by atoms with E-state index in [0.717, 1.165) is 19.4 Å². The van der Waals surface area contributed by atoms with E-state index in [0.29, 0.717) is 6.54 Å². The van der Waals surface area contributed by atoms with E-state index < -0.39 is 11.9 Å². The van der Waals surface area contributed by atoms with Gasteiger partial charge in [-0.3, -0.25) is 0 Å². The van der Waals surface area contributed by atoms with Crippen LogP contribution in [0.3, 0.4) is 0 Å². The van der Waals surface area contributed by atoms with Gasteiger partial charge in [0.1, 0.15) is 12.4 Å². The van der Waals surface area contributed by atoms with Crippen molar-refractivity contribution in [2.24, 2.45) is 5.92 Å². The van der Waals surface area contributed by atoms with E-state index >= 15 is 0 Å². The van der Waals surface area contributed by atoms with Crippen LogP contribution in [0.15, 0.2) is 12.4 Å². The Kier molecular flexibility index (Phi) is 12.9. The quantitative estimate of drug-likeness (QED) is 0.297. The highest BCUT2D eigenvalue weighted by atomic mass is 16.4. The van der Waals surface area contributed by atoms with Crippen LogP contribution in [0.2, 0.25) is 0 Å². The van der Waals surface area contributed by atoms with Crippen molar-refractivity contribution in [3.05, 3.63) is 18.2 Å². The third kappa shape index (κ3) is 9.97. The largest absolute Gasteiger partial charge is 0.550 e. The molecule has 0 bridgehead atoms. The zero-order chi connectivity index (χ0) is 19.9. The number of hydrogen-bond donors (Lipinski definition) is 0. The van der Waals surface area contributed by atoms with Crippen LogP contribution in [-0.2, 0) is 24.3 Å². The Morgan fingerprint density at radius 2 is 1.52 bits per heavy atom. The molecule has 0 N–H and O–H groups in total. The van der Waals surface area contributed by atoms with Crippen LogP contribution in [-0.4, -0.2) is 10.5 Å². The lowest BCUT2D eigenvalue weighted by Gasteiger charge is -2.12. The number of nitrogens with zero attached hydrogens (tertiary/aromatic N) is 2. The summed E-state index contributed by atoms with van der Waals surface area (Å²) in [5, 5.41) is 11.1. The SMILES string of the molecule is CCCCCCCCCCCCc1n(CCCC)cc[n+]1CC(C)C(=O)[O-]. The maximum Gasteiger partial charge on any atom is 0.256 e. The number of hydrogen-bond acceptors (Lipinski definition) is 2. The van der Waals surface area contributed by atoms with Crippen LogP contribution < -0.4 is 9.67 Å². The molecule has 0 radical (unpaired) electrons. The first kappa shape index (κ1) is 23.7. The summed E-state index contributed by atoms with van der Waals surface area (Å²) in [4.78, 5) is 11.1. The molecule has 0 aliphatic rings. The molecule has 0 aliphatic heterocycles.